The van der Waals surface area contributed by atoms with Crippen molar-refractivity contribution in [2.24, 2.45) is 5.73 Å². The first kappa shape index (κ1) is 10.8. The van der Waals surface area contributed by atoms with Crippen LogP contribution in [0.25, 0.3) is 0 Å². The third-order valence-corrected chi connectivity index (χ3v) is 1.96. The topological polar surface area (TPSA) is 136 Å². The smallest absolute Gasteiger partial charge is 0.184 e. The largest absolute Gasteiger partial charge is 0.387 e. The molecule has 1 aliphatic heterocycles. The molecule has 1 saturated heterocycles. The van der Waals surface area contributed by atoms with Crippen LogP contribution in [0.2, 0.25) is 0 Å². The van der Waals surface area contributed by atoms with Crippen LogP contribution in [0.4, 0.5) is 0 Å². The predicted molar refractivity (Wildman–Crippen MR) is 39.1 cm³/mol. The van der Waals surface area contributed by atoms with Gasteiger partial charge in [0.15, 0.2) is 6.29 Å². The average molecular weight is 195 g/mol. The van der Waals surface area contributed by atoms with Crippen LogP contribution >= 0.6 is 0 Å². The Morgan fingerprint density at radius 2 is 1.62 bits per heavy atom. The van der Waals surface area contributed by atoms with Crippen molar-refractivity contribution in [3.05, 3.63) is 0 Å². The van der Waals surface area contributed by atoms with E-state index < -0.39 is 36.9 Å². The quantitative estimate of drug-likeness (QED) is 0.247. The Morgan fingerprint density at radius 1 is 1.08 bits per heavy atom. The second-order valence-corrected chi connectivity index (χ2v) is 2.95. The lowest BCUT2D eigenvalue weighted by atomic mass is 10.1. The zero-order valence-corrected chi connectivity index (χ0v) is 6.69. The molecule has 0 aromatic heterocycles. The summed E-state index contributed by atoms with van der Waals surface area (Å²) in [6, 6.07) is 0. The summed E-state index contributed by atoms with van der Waals surface area (Å²) < 4.78 is 4.57. The van der Waals surface area contributed by atoms with E-state index in [0.29, 0.717) is 0 Å². The summed E-state index contributed by atoms with van der Waals surface area (Å²) in [6.07, 6.45) is -8.99. The standard InChI is InChI=1S/C6H13NO6/c7-5(11)3(10)4-1(8)2(9)6(12)13-4/h1-6,8-12H,7H2/t1-,2-,3+,4+,5?,6+/m1/s1. The lowest BCUT2D eigenvalue weighted by molar-refractivity contribution is -0.159. The van der Waals surface area contributed by atoms with Crippen LogP contribution in [0.15, 0.2) is 0 Å². The van der Waals surface area contributed by atoms with Gasteiger partial charge in [0.05, 0.1) is 0 Å². The summed E-state index contributed by atoms with van der Waals surface area (Å²) >= 11 is 0. The van der Waals surface area contributed by atoms with E-state index in [1.54, 1.807) is 0 Å². The Bertz CT molecular complexity index is 173. The van der Waals surface area contributed by atoms with E-state index in [9.17, 15) is 5.11 Å². The van der Waals surface area contributed by atoms with Gasteiger partial charge in [-0.2, -0.15) is 0 Å². The van der Waals surface area contributed by atoms with E-state index in [4.69, 9.17) is 26.2 Å². The molecule has 0 spiro atoms. The van der Waals surface area contributed by atoms with Crippen molar-refractivity contribution < 1.29 is 30.3 Å². The summed E-state index contributed by atoms with van der Waals surface area (Å²) in [4.78, 5) is 0. The fourth-order valence-electron chi connectivity index (χ4n) is 1.16. The molecule has 0 aliphatic carbocycles. The van der Waals surface area contributed by atoms with Crippen LogP contribution < -0.4 is 5.73 Å². The van der Waals surface area contributed by atoms with Crippen LogP contribution in [-0.2, 0) is 4.74 Å². The zero-order valence-electron chi connectivity index (χ0n) is 6.69. The molecule has 13 heavy (non-hydrogen) atoms. The minimum Gasteiger partial charge on any atom is -0.387 e. The first-order valence-electron chi connectivity index (χ1n) is 3.76. The number of aliphatic hydroxyl groups excluding tert-OH is 5. The fourth-order valence-corrected chi connectivity index (χ4v) is 1.16. The SMILES string of the molecule is NC(O)[C@@H](O)[C@H]1O[C@H](O)[C@H](O)[C@H]1O. The molecule has 78 valence electrons. The van der Waals surface area contributed by atoms with E-state index >= 15 is 0 Å². The maximum atomic E-state index is 9.19. The summed E-state index contributed by atoms with van der Waals surface area (Å²) in [5.41, 5.74) is 4.92. The number of hydrogen-bond donors (Lipinski definition) is 6. The Labute approximate surface area is 74.0 Å². The monoisotopic (exact) mass is 195 g/mol. The third kappa shape index (κ3) is 1.97. The lowest BCUT2D eigenvalue weighted by Gasteiger charge is -2.22. The highest BCUT2D eigenvalue weighted by atomic mass is 16.6. The predicted octanol–water partition coefficient (Wildman–Crippen LogP) is -3.94. The van der Waals surface area contributed by atoms with Gasteiger partial charge in [-0.05, 0) is 0 Å². The van der Waals surface area contributed by atoms with E-state index in [-0.39, 0.29) is 0 Å². The molecule has 0 radical (unpaired) electrons. The highest BCUT2D eigenvalue weighted by Crippen LogP contribution is 2.22. The first-order valence-corrected chi connectivity index (χ1v) is 3.76. The van der Waals surface area contributed by atoms with E-state index in [1.807, 2.05) is 0 Å². The maximum absolute atomic E-state index is 9.19. The molecule has 6 atom stereocenters. The van der Waals surface area contributed by atoms with Crippen molar-refractivity contribution in [2.75, 3.05) is 0 Å². The number of ether oxygens (including phenoxy) is 1. The minimum absolute atomic E-state index is 1.29. The summed E-state index contributed by atoms with van der Waals surface area (Å²) in [7, 11) is 0. The molecule has 1 aliphatic rings. The molecule has 0 aromatic carbocycles. The van der Waals surface area contributed by atoms with Gasteiger partial charge < -0.3 is 36.0 Å². The first-order chi connectivity index (χ1) is 5.95. The van der Waals surface area contributed by atoms with Crippen LogP contribution in [0.1, 0.15) is 0 Å². The second-order valence-electron chi connectivity index (χ2n) is 2.95. The number of hydrogen-bond acceptors (Lipinski definition) is 7. The van der Waals surface area contributed by atoms with Crippen molar-refractivity contribution >= 4 is 0 Å². The molecule has 0 bridgehead atoms. The summed E-state index contributed by atoms with van der Waals surface area (Å²) in [5.74, 6) is 0. The summed E-state index contributed by atoms with van der Waals surface area (Å²) in [5, 5.41) is 45.0. The molecule has 0 aromatic rings. The molecule has 1 fully saturated rings. The van der Waals surface area contributed by atoms with Gasteiger partial charge >= 0.3 is 0 Å². The molecule has 7 heteroatoms. The number of rotatable bonds is 2. The molecule has 0 amide bonds. The van der Waals surface area contributed by atoms with Crippen molar-refractivity contribution in [1.82, 2.24) is 0 Å². The van der Waals surface area contributed by atoms with Gasteiger partial charge in [0.25, 0.3) is 0 Å². The molecule has 1 unspecified atom stereocenters. The van der Waals surface area contributed by atoms with Crippen LogP contribution in [0.3, 0.4) is 0 Å². The summed E-state index contributed by atoms with van der Waals surface area (Å²) in [6.45, 7) is 0. The second kappa shape index (κ2) is 3.84. The van der Waals surface area contributed by atoms with Gasteiger partial charge in [-0.3, -0.25) is 0 Å². The normalized spacial score (nSPS) is 44.8. The van der Waals surface area contributed by atoms with Crippen molar-refractivity contribution in [2.45, 2.75) is 36.9 Å². The van der Waals surface area contributed by atoms with Crippen LogP contribution in [0, 0.1) is 0 Å². The Morgan fingerprint density at radius 3 is 1.92 bits per heavy atom. The highest BCUT2D eigenvalue weighted by molar-refractivity contribution is 4.91. The zero-order chi connectivity index (χ0) is 10.2. The number of nitrogens with two attached hydrogens (primary N) is 1. The molecule has 7 N–H and O–H groups in total. The molecule has 1 heterocycles. The van der Waals surface area contributed by atoms with Gasteiger partial charge in [0.2, 0.25) is 0 Å². The number of aliphatic hydroxyl groups is 5. The molecule has 1 rings (SSSR count). The van der Waals surface area contributed by atoms with E-state index in [0.717, 1.165) is 0 Å². The van der Waals surface area contributed by atoms with Gasteiger partial charge in [0.1, 0.15) is 30.6 Å². The van der Waals surface area contributed by atoms with E-state index in [1.165, 1.54) is 0 Å². The van der Waals surface area contributed by atoms with Crippen LogP contribution in [-0.4, -0.2) is 62.5 Å². The van der Waals surface area contributed by atoms with Gasteiger partial charge in [-0.25, -0.2) is 0 Å². The van der Waals surface area contributed by atoms with E-state index in [2.05, 4.69) is 4.74 Å². The molecular formula is C6H13NO6. The molecule has 7 nitrogen and oxygen atoms in total. The van der Waals surface area contributed by atoms with Crippen molar-refractivity contribution in [1.29, 1.82) is 0 Å². The molecular weight excluding hydrogens is 182 g/mol. The highest BCUT2D eigenvalue weighted by Gasteiger charge is 2.46. The molecule has 0 saturated carbocycles. The Kier molecular flexibility index (Phi) is 3.19. The van der Waals surface area contributed by atoms with Gasteiger partial charge in [0, 0.05) is 0 Å². The van der Waals surface area contributed by atoms with Gasteiger partial charge in [-0.15, -0.1) is 0 Å². The Balaban J connectivity index is 2.62. The fraction of sp³-hybridized carbons (Fsp3) is 1.00. The lowest BCUT2D eigenvalue weighted by Crippen LogP contribution is -2.48. The van der Waals surface area contributed by atoms with Crippen LogP contribution in [0.5, 0.6) is 0 Å². The van der Waals surface area contributed by atoms with Crippen molar-refractivity contribution in [3.63, 3.8) is 0 Å². The third-order valence-electron chi connectivity index (χ3n) is 1.96. The maximum Gasteiger partial charge on any atom is 0.184 e. The minimum atomic E-state index is -1.60. The van der Waals surface area contributed by atoms with Crippen molar-refractivity contribution in [3.8, 4) is 0 Å². The Hall–Kier alpha value is -0.280. The average Bonchev–Trinajstić information content (AvgIpc) is 2.31. The van der Waals surface area contributed by atoms with Gasteiger partial charge in [-0.1, -0.05) is 0 Å².